The van der Waals surface area contributed by atoms with Crippen molar-refractivity contribution in [3.05, 3.63) is 58.7 Å². The van der Waals surface area contributed by atoms with Gasteiger partial charge in [-0.3, -0.25) is 9.59 Å². The van der Waals surface area contributed by atoms with Crippen LogP contribution in [0.2, 0.25) is 0 Å². The van der Waals surface area contributed by atoms with Crippen molar-refractivity contribution in [3.8, 4) is 0 Å². The van der Waals surface area contributed by atoms with Gasteiger partial charge in [-0.25, -0.2) is 0 Å². The van der Waals surface area contributed by atoms with Gasteiger partial charge in [0.25, 0.3) is 0 Å². The zero-order valence-electron chi connectivity index (χ0n) is 17.4. The summed E-state index contributed by atoms with van der Waals surface area (Å²) in [5.74, 6) is 0.0630. The van der Waals surface area contributed by atoms with Crippen molar-refractivity contribution in [1.29, 1.82) is 0 Å². The molecule has 4 nitrogen and oxygen atoms in total. The van der Waals surface area contributed by atoms with Crippen LogP contribution in [0.4, 0.5) is 11.4 Å². The topological polar surface area (TPSA) is 58.2 Å². The maximum Gasteiger partial charge on any atom is 0.237 e. The second-order valence-corrected chi connectivity index (χ2v) is 8.28. The van der Waals surface area contributed by atoms with E-state index in [4.69, 9.17) is 0 Å². The van der Waals surface area contributed by atoms with E-state index in [1.165, 1.54) is 17.3 Å². The van der Waals surface area contributed by atoms with Crippen LogP contribution in [0.1, 0.15) is 43.0 Å². The van der Waals surface area contributed by atoms with Gasteiger partial charge in [0, 0.05) is 11.4 Å². The summed E-state index contributed by atoms with van der Waals surface area (Å²) in [5, 5.41) is 5.66. The minimum atomic E-state index is -0.319. The lowest BCUT2D eigenvalue weighted by Crippen LogP contribution is -2.26. The first-order valence-electron chi connectivity index (χ1n) is 9.76. The number of hydrogen-bond donors (Lipinski definition) is 2. The molecule has 1 atom stereocenters. The first kappa shape index (κ1) is 22.0. The van der Waals surface area contributed by atoms with E-state index in [-0.39, 0.29) is 22.8 Å². The van der Waals surface area contributed by atoms with Gasteiger partial charge in [0.05, 0.1) is 11.0 Å². The predicted octanol–water partition coefficient (Wildman–Crippen LogP) is 5.13. The number of amides is 2. The fourth-order valence-corrected chi connectivity index (χ4v) is 3.60. The lowest BCUT2D eigenvalue weighted by molar-refractivity contribution is -0.115. The van der Waals surface area contributed by atoms with Gasteiger partial charge in [-0.15, -0.1) is 11.8 Å². The highest BCUT2D eigenvalue weighted by Gasteiger charge is 2.18. The summed E-state index contributed by atoms with van der Waals surface area (Å²) < 4.78 is 0. The molecule has 0 radical (unpaired) electrons. The van der Waals surface area contributed by atoms with Gasteiger partial charge in [-0.05, 0) is 68.0 Å². The second kappa shape index (κ2) is 10.3. The molecule has 150 valence electrons. The van der Waals surface area contributed by atoms with E-state index in [1.54, 1.807) is 0 Å². The molecule has 2 N–H and O–H groups in total. The minimum absolute atomic E-state index is 0.0698. The van der Waals surface area contributed by atoms with Crippen LogP contribution in [0.3, 0.4) is 0 Å². The Morgan fingerprint density at radius 1 is 0.964 bits per heavy atom. The summed E-state index contributed by atoms with van der Waals surface area (Å²) in [4.78, 5) is 24.9. The Hall–Kier alpha value is -2.27. The molecule has 0 saturated carbocycles. The molecule has 2 aromatic rings. The van der Waals surface area contributed by atoms with Crippen molar-refractivity contribution in [1.82, 2.24) is 0 Å². The largest absolute Gasteiger partial charge is 0.325 e. The summed E-state index contributed by atoms with van der Waals surface area (Å²) >= 11 is 1.34. The van der Waals surface area contributed by atoms with Crippen LogP contribution in [0.15, 0.2) is 36.4 Å². The van der Waals surface area contributed by atoms with Crippen LogP contribution in [0, 0.1) is 13.8 Å². The van der Waals surface area contributed by atoms with Crippen molar-refractivity contribution >= 4 is 35.0 Å². The molecule has 0 bridgehead atoms. The number of nitrogens with one attached hydrogen (secondary N) is 2. The van der Waals surface area contributed by atoms with E-state index in [9.17, 15) is 9.59 Å². The Morgan fingerprint density at radius 3 is 2.18 bits per heavy atom. The van der Waals surface area contributed by atoms with Crippen molar-refractivity contribution in [2.24, 2.45) is 0 Å². The number of hydrogen-bond acceptors (Lipinski definition) is 3. The molecule has 1 unspecified atom stereocenters. The van der Waals surface area contributed by atoms with Crippen LogP contribution in [0.5, 0.6) is 0 Å². The third kappa shape index (κ3) is 5.86. The molecule has 0 aliphatic rings. The summed E-state index contributed by atoms with van der Waals surface area (Å²) in [6.07, 6.45) is 1.73. The van der Waals surface area contributed by atoms with Crippen LogP contribution < -0.4 is 10.6 Å². The highest BCUT2D eigenvalue weighted by atomic mass is 32.2. The van der Waals surface area contributed by atoms with Gasteiger partial charge >= 0.3 is 0 Å². The number of thioether (sulfide) groups is 1. The maximum atomic E-state index is 12.6. The number of carbonyl (C=O) groups is 2. The third-order valence-electron chi connectivity index (χ3n) is 4.87. The highest BCUT2D eigenvalue weighted by molar-refractivity contribution is 8.01. The smallest absolute Gasteiger partial charge is 0.237 e. The molecular weight excluding hydrogens is 368 g/mol. The molecule has 2 aromatic carbocycles. The average Bonchev–Trinajstić information content (AvgIpc) is 2.68. The molecular formula is C23H30N2O2S. The SMILES string of the molecule is CCc1cccc(CC)c1NC(=O)C(C)SCC(=O)Nc1ccc(C)c(C)c1. The van der Waals surface area contributed by atoms with Gasteiger partial charge < -0.3 is 10.6 Å². The van der Waals surface area contributed by atoms with Gasteiger partial charge in [-0.1, -0.05) is 38.1 Å². The number of benzene rings is 2. The van der Waals surface area contributed by atoms with E-state index in [0.717, 1.165) is 40.9 Å². The van der Waals surface area contributed by atoms with Gasteiger partial charge in [0.1, 0.15) is 0 Å². The van der Waals surface area contributed by atoms with E-state index >= 15 is 0 Å². The fourth-order valence-electron chi connectivity index (χ4n) is 2.92. The summed E-state index contributed by atoms with van der Waals surface area (Å²) in [5.41, 5.74) is 6.31. The Kier molecular flexibility index (Phi) is 8.12. The minimum Gasteiger partial charge on any atom is -0.325 e. The first-order valence-corrected chi connectivity index (χ1v) is 10.8. The molecule has 5 heteroatoms. The second-order valence-electron chi connectivity index (χ2n) is 6.95. The first-order chi connectivity index (χ1) is 13.3. The molecule has 0 saturated heterocycles. The Morgan fingerprint density at radius 2 is 1.61 bits per heavy atom. The van der Waals surface area contributed by atoms with E-state index < -0.39 is 0 Å². The Balaban J connectivity index is 1.92. The predicted molar refractivity (Wildman–Crippen MR) is 120 cm³/mol. The van der Waals surface area contributed by atoms with E-state index in [2.05, 4.69) is 24.5 Å². The van der Waals surface area contributed by atoms with Crippen molar-refractivity contribution in [2.75, 3.05) is 16.4 Å². The number of carbonyl (C=O) groups excluding carboxylic acids is 2. The fraction of sp³-hybridized carbons (Fsp3) is 0.391. The maximum absolute atomic E-state index is 12.6. The zero-order valence-corrected chi connectivity index (χ0v) is 18.2. The quantitative estimate of drug-likeness (QED) is 0.648. The number of rotatable bonds is 8. The Bertz CT molecular complexity index is 826. The molecule has 28 heavy (non-hydrogen) atoms. The number of aryl methyl sites for hydroxylation is 4. The molecule has 0 aromatic heterocycles. The summed E-state index contributed by atoms with van der Waals surface area (Å²) in [7, 11) is 0. The molecule has 0 aliphatic heterocycles. The molecule has 0 heterocycles. The molecule has 0 spiro atoms. The normalized spacial score (nSPS) is 11.8. The number of anilines is 2. The summed E-state index contributed by atoms with van der Waals surface area (Å²) in [6.45, 7) is 10.1. The van der Waals surface area contributed by atoms with Crippen molar-refractivity contribution in [2.45, 2.75) is 52.7 Å². The lowest BCUT2D eigenvalue weighted by atomic mass is 10.0. The van der Waals surface area contributed by atoms with E-state index in [0.29, 0.717) is 0 Å². The molecule has 0 fully saturated rings. The molecule has 0 aliphatic carbocycles. The van der Waals surface area contributed by atoms with Gasteiger partial charge in [0.2, 0.25) is 11.8 Å². The standard InChI is InChI=1S/C23H30N2O2S/c1-6-18-9-8-10-19(7-2)22(18)25-23(27)17(5)28-14-21(26)24-20-12-11-15(3)16(4)13-20/h8-13,17H,6-7,14H2,1-5H3,(H,24,26)(H,25,27). The molecule has 2 rings (SSSR count). The van der Waals surface area contributed by atoms with E-state index in [1.807, 2.05) is 57.2 Å². The van der Waals surface area contributed by atoms with Gasteiger partial charge in [-0.2, -0.15) is 0 Å². The van der Waals surface area contributed by atoms with Gasteiger partial charge in [0.15, 0.2) is 0 Å². The van der Waals surface area contributed by atoms with Crippen molar-refractivity contribution < 1.29 is 9.59 Å². The summed E-state index contributed by atoms with van der Waals surface area (Å²) in [6, 6.07) is 12.0. The van der Waals surface area contributed by atoms with Crippen molar-refractivity contribution in [3.63, 3.8) is 0 Å². The van der Waals surface area contributed by atoms with Crippen LogP contribution in [0.25, 0.3) is 0 Å². The molecule has 2 amide bonds. The van der Waals surface area contributed by atoms with Crippen LogP contribution in [-0.4, -0.2) is 22.8 Å². The monoisotopic (exact) mass is 398 g/mol. The zero-order chi connectivity index (χ0) is 20.7. The third-order valence-corrected chi connectivity index (χ3v) is 6.01. The lowest BCUT2D eigenvalue weighted by Gasteiger charge is -2.17. The Labute approximate surface area is 172 Å². The highest BCUT2D eigenvalue weighted by Crippen LogP contribution is 2.24. The number of para-hydroxylation sites is 1. The average molecular weight is 399 g/mol. The van der Waals surface area contributed by atoms with Crippen LogP contribution >= 0.6 is 11.8 Å². The van der Waals surface area contributed by atoms with Crippen LogP contribution in [-0.2, 0) is 22.4 Å².